The number of phenols is 1. The number of nitrogens with zero attached hydrogens (tertiary/aromatic N) is 6. The average molecular weight is 509 g/mol. The number of phenolic OH excluding ortho intramolecular Hbond substituents is 1. The number of aromatic hydroxyl groups is 1. The quantitative estimate of drug-likeness (QED) is 0.360. The Labute approximate surface area is 221 Å². The third-order valence-corrected chi connectivity index (χ3v) is 7.60. The van der Waals surface area contributed by atoms with Gasteiger partial charge in [-0.3, -0.25) is 18.7 Å². The fourth-order valence-electron chi connectivity index (χ4n) is 5.72. The monoisotopic (exact) mass is 508 g/mol. The van der Waals surface area contributed by atoms with Crippen LogP contribution in [0.3, 0.4) is 0 Å². The number of rotatable bonds is 7. The molecule has 6 rings (SSSR count). The summed E-state index contributed by atoms with van der Waals surface area (Å²) in [7, 11) is 0. The molecular formula is C30H32N6O2. The summed E-state index contributed by atoms with van der Waals surface area (Å²) in [6.07, 6.45) is 0.826. The predicted octanol–water partition coefficient (Wildman–Crippen LogP) is 3.86. The summed E-state index contributed by atoms with van der Waals surface area (Å²) < 4.78 is 3.58. The molecule has 38 heavy (non-hydrogen) atoms. The van der Waals surface area contributed by atoms with Crippen molar-refractivity contribution in [1.82, 2.24) is 29.0 Å². The van der Waals surface area contributed by atoms with Crippen molar-refractivity contribution >= 4 is 16.7 Å². The van der Waals surface area contributed by atoms with Gasteiger partial charge >= 0.3 is 0 Å². The molecule has 5 aromatic rings. The number of fused-ring (bicyclic) bond motifs is 3. The molecule has 8 heteroatoms. The van der Waals surface area contributed by atoms with Gasteiger partial charge in [-0.1, -0.05) is 60.7 Å². The Morgan fingerprint density at radius 3 is 2.16 bits per heavy atom. The first-order valence-electron chi connectivity index (χ1n) is 13.2. The first kappa shape index (κ1) is 24.3. The van der Waals surface area contributed by atoms with Crippen LogP contribution >= 0.6 is 0 Å². The molecular weight excluding hydrogens is 476 g/mol. The normalized spacial score (nSPS) is 15.1. The van der Waals surface area contributed by atoms with Crippen LogP contribution in [0.1, 0.15) is 29.4 Å². The summed E-state index contributed by atoms with van der Waals surface area (Å²) in [5.41, 5.74) is 3.21. The zero-order chi connectivity index (χ0) is 26.1. The lowest BCUT2D eigenvalue weighted by Gasteiger charge is -2.39. The Kier molecular flexibility index (Phi) is 6.66. The van der Waals surface area contributed by atoms with Crippen LogP contribution < -0.4 is 5.56 Å². The Morgan fingerprint density at radius 2 is 1.50 bits per heavy atom. The van der Waals surface area contributed by atoms with E-state index in [4.69, 9.17) is 0 Å². The van der Waals surface area contributed by atoms with Gasteiger partial charge in [0, 0.05) is 32.7 Å². The van der Waals surface area contributed by atoms with E-state index in [0.717, 1.165) is 39.1 Å². The highest BCUT2D eigenvalue weighted by Crippen LogP contribution is 2.29. The van der Waals surface area contributed by atoms with Gasteiger partial charge in [0.15, 0.2) is 0 Å². The van der Waals surface area contributed by atoms with E-state index in [1.807, 2.05) is 11.3 Å². The number of piperazine rings is 1. The fourth-order valence-corrected chi connectivity index (χ4v) is 5.72. The lowest BCUT2D eigenvalue weighted by atomic mass is 9.96. The fraction of sp³-hybridized carbons (Fsp3) is 0.300. The Hall–Kier alpha value is -4.01. The number of benzene rings is 3. The van der Waals surface area contributed by atoms with Crippen molar-refractivity contribution in [3.63, 3.8) is 0 Å². The molecule has 194 valence electrons. The predicted molar refractivity (Wildman–Crippen MR) is 149 cm³/mol. The van der Waals surface area contributed by atoms with Gasteiger partial charge in [-0.15, -0.1) is 10.2 Å². The van der Waals surface area contributed by atoms with Gasteiger partial charge in [0.05, 0.1) is 16.9 Å². The lowest BCUT2D eigenvalue weighted by Crippen LogP contribution is -2.48. The second-order valence-electron chi connectivity index (χ2n) is 10.00. The number of aromatic nitrogens is 4. The van der Waals surface area contributed by atoms with E-state index >= 15 is 0 Å². The largest absolute Gasteiger partial charge is 0.508 e. The molecule has 3 aromatic carbocycles. The Morgan fingerprint density at radius 1 is 0.842 bits per heavy atom. The van der Waals surface area contributed by atoms with Crippen molar-refractivity contribution in [2.24, 2.45) is 0 Å². The van der Waals surface area contributed by atoms with Crippen molar-refractivity contribution in [2.75, 3.05) is 32.7 Å². The average Bonchev–Trinajstić information content (AvgIpc) is 3.34. The van der Waals surface area contributed by atoms with E-state index in [1.54, 1.807) is 16.7 Å². The molecule has 0 radical (unpaired) electrons. The molecule has 1 fully saturated rings. The Bertz CT molecular complexity index is 1570. The SMILES string of the molecule is Cc1nnc2n(CCCN3CCN(C(c4ccccc4)c4ccccc4)CC3)c(=O)c3cc(O)ccc3n12. The first-order chi connectivity index (χ1) is 18.6. The summed E-state index contributed by atoms with van der Waals surface area (Å²) in [6.45, 7) is 7.25. The molecule has 0 aliphatic carbocycles. The van der Waals surface area contributed by atoms with Crippen molar-refractivity contribution < 1.29 is 5.11 Å². The topological polar surface area (TPSA) is 78.9 Å². The number of hydrogen-bond donors (Lipinski definition) is 1. The molecule has 1 N–H and O–H groups in total. The van der Waals surface area contributed by atoms with Crippen LogP contribution in [0.5, 0.6) is 5.75 Å². The van der Waals surface area contributed by atoms with Crippen LogP contribution in [0, 0.1) is 6.92 Å². The van der Waals surface area contributed by atoms with Crippen LogP contribution in [0.15, 0.2) is 83.7 Å². The van der Waals surface area contributed by atoms with Crippen molar-refractivity contribution in [2.45, 2.75) is 25.9 Å². The summed E-state index contributed by atoms with van der Waals surface area (Å²) in [5, 5.41) is 19.0. The molecule has 0 atom stereocenters. The molecule has 1 aliphatic rings. The van der Waals surface area contributed by atoms with Crippen molar-refractivity contribution in [3.05, 3.63) is 106 Å². The van der Waals surface area contributed by atoms with E-state index in [1.165, 1.54) is 17.2 Å². The van der Waals surface area contributed by atoms with Gasteiger partial charge in [-0.25, -0.2) is 0 Å². The maximum atomic E-state index is 13.3. The van der Waals surface area contributed by atoms with E-state index in [9.17, 15) is 9.90 Å². The second kappa shape index (κ2) is 10.4. The smallest absolute Gasteiger partial charge is 0.262 e. The molecule has 0 unspecified atom stereocenters. The summed E-state index contributed by atoms with van der Waals surface area (Å²) >= 11 is 0. The van der Waals surface area contributed by atoms with E-state index < -0.39 is 0 Å². The van der Waals surface area contributed by atoms with Crippen LogP contribution in [0.2, 0.25) is 0 Å². The molecule has 2 aromatic heterocycles. The summed E-state index contributed by atoms with van der Waals surface area (Å²) in [6, 6.07) is 26.6. The zero-order valence-electron chi connectivity index (χ0n) is 21.6. The van der Waals surface area contributed by atoms with Gasteiger partial charge in [-0.05, 0) is 49.2 Å². The minimum absolute atomic E-state index is 0.0772. The minimum Gasteiger partial charge on any atom is -0.508 e. The third kappa shape index (κ3) is 4.57. The van der Waals surface area contributed by atoms with E-state index in [2.05, 4.69) is 80.7 Å². The highest BCUT2D eigenvalue weighted by atomic mass is 16.3. The maximum absolute atomic E-state index is 13.3. The molecule has 0 amide bonds. The highest BCUT2D eigenvalue weighted by molar-refractivity contribution is 5.81. The summed E-state index contributed by atoms with van der Waals surface area (Å²) in [4.78, 5) is 18.4. The van der Waals surface area contributed by atoms with Crippen LogP contribution in [-0.4, -0.2) is 66.8 Å². The van der Waals surface area contributed by atoms with Crippen LogP contribution in [-0.2, 0) is 6.54 Å². The molecule has 1 saturated heterocycles. The van der Waals surface area contributed by atoms with Crippen LogP contribution in [0.4, 0.5) is 0 Å². The highest BCUT2D eigenvalue weighted by Gasteiger charge is 2.26. The van der Waals surface area contributed by atoms with Crippen molar-refractivity contribution in [3.8, 4) is 5.75 Å². The van der Waals surface area contributed by atoms with Gasteiger partial charge in [-0.2, -0.15) is 0 Å². The maximum Gasteiger partial charge on any atom is 0.262 e. The van der Waals surface area contributed by atoms with Gasteiger partial charge in [0.1, 0.15) is 11.6 Å². The minimum atomic E-state index is -0.144. The van der Waals surface area contributed by atoms with Gasteiger partial charge in [0.25, 0.3) is 5.56 Å². The first-order valence-corrected chi connectivity index (χ1v) is 13.2. The molecule has 0 saturated carbocycles. The third-order valence-electron chi connectivity index (χ3n) is 7.60. The Balaban J connectivity index is 1.15. The van der Waals surface area contributed by atoms with Crippen molar-refractivity contribution in [1.29, 1.82) is 0 Å². The van der Waals surface area contributed by atoms with Gasteiger partial charge < -0.3 is 10.0 Å². The molecule has 0 spiro atoms. The van der Waals surface area contributed by atoms with Gasteiger partial charge in [0.2, 0.25) is 5.78 Å². The van der Waals surface area contributed by atoms with E-state index in [-0.39, 0.29) is 17.4 Å². The molecule has 0 bridgehead atoms. The van der Waals surface area contributed by atoms with E-state index in [0.29, 0.717) is 29.0 Å². The molecule has 3 heterocycles. The molecule has 1 aliphatic heterocycles. The lowest BCUT2D eigenvalue weighted by molar-refractivity contribution is 0.108. The standard InChI is InChI=1S/C30H32N6O2/c1-22-31-32-30-35(29(38)26-21-25(37)13-14-27(26)36(22)30)16-8-15-33-17-19-34(20-18-33)28(23-9-4-2-5-10-23)24-11-6-3-7-12-24/h2-7,9-14,21,28,37H,8,15-20H2,1H3. The summed E-state index contributed by atoms with van der Waals surface area (Å²) in [5.74, 6) is 1.34. The molecule has 8 nitrogen and oxygen atoms in total. The second-order valence-corrected chi connectivity index (χ2v) is 10.00. The zero-order valence-corrected chi connectivity index (χ0v) is 21.6. The van der Waals surface area contributed by atoms with Crippen LogP contribution in [0.25, 0.3) is 16.7 Å². The number of aryl methyl sites for hydroxylation is 2. The number of hydrogen-bond acceptors (Lipinski definition) is 6.